The minimum Gasteiger partial charge on any atom is -0.379 e. The van der Waals surface area contributed by atoms with Crippen LogP contribution in [0.15, 0.2) is 0 Å². The molecule has 0 aromatic rings. The van der Waals surface area contributed by atoms with Gasteiger partial charge < -0.3 is 14.4 Å². The van der Waals surface area contributed by atoms with E-state index in [0.29, 0.717) is 19.8 Å². The summed E-state index contributed by atoms with van der Waals surface area (Å²) in [5.41, 5.74) is 0. The lowest BCUT2D eigenvalue weighted by atomic mass is 10.2. The Bertz CT molecular complexity index is 250. The van der Waals surface area contributed by atoms with E-state index < -0.39 is 7.82 Å². The van der Waals surface area contributed by atoms with Crippen LogP contribution in [0.25, 0.3) is 0 Å². The lowest BCUT2D eigenvalue weighted by Crippen LogP contribution is -2.09. The van der Waals surface area contributed by atoms with E-state index in [1.165, 1.54) is 0 Å². The van der Waals surface area contributed by atoms with Crippen LogP contribution < -0.4 is 0 Å². The molecule has 20 heavy (non-hydrogen) atoms. The van der Waals surface area contributed by atoms with E-state index in [4.69, 9.17) is 9.47 Å². The molecule has 0 bridgehead atoms. The van der Waals surface area contributed by atoms with Crippen LogP contribution >= 0.6 is 7.82 Å². The molecule has 0 aromatic carbocycles. The van der Waals surface area contributed by atoms with Gasteiger partial charge in [-0.15, -0.1) is 4.67 Å². The monoisotopic (exact) mass is 314 g/mol. The van der Waals surface area contributed by atoms with E-state index in [1.807, 2.05) is 6.92 Å². The molecular weight excluding hydrogens is 287 g/mol. The second kappa shape index (κ2) is 13.9. The van der Waals surface area contributed by atoms with Crippen LogP contribution in [0.4, 0.5) is 0 Å². The summed E-state index contributed by atoms with van der Waals surface area (Å²) in [6.07, 6.45) is 4.01. The molecule has 7 nitrogen and oxygen atoms in total. The van der Waals surface area contributed by atoms with Crippen LogP contribution in [0.3, 0.4) is 0 Å². The van der Waals surface area contributed by atoms with Gasteiger partial charge in [-0.1, -0.05) is 26.2 Å². The minimum absolute atomic E-state index is 0.0426. The molecule has 122 valence electrons. The third kappa shape index (κ3) is 14.4. The molecule has 0 aliphatic rings. The minimum atomic E-state index is -4.14. The lowest BCUT2D eigenvalue weighted by Gasteiger charge is -2.11. The van der Waals surface area contributed by atoms with Crippen molar-refractivity contribution >= 4 is 7.82 Å². The maximum atomic E-state index is 11.3. The maximum absolute atomic E-state index is 11.3. The summed E-state index contributed by atoms with van der Waals surface area (Å²) in [6.45, 7) is 5.96. The van der Waals surface area contributed by atoms with Gasteiger partial charge in [0.15, 0.2) is 0 Å². The highest BCUT2D eigenvalue weighted by Gasteiger charge is 2.22. The summed E-state index contributed by atoms with van der Waals surface area (Å²) in [6, 6.07) is 0. The molecule has 0 radical (unpaired) electrons. The molecular formula is C12H27O7P. The van der Waals surface area contributed by atoms with Crippen molar-refractivity contribution in [3.8, 4) is 0 Å². The molecule has 0 spiro atoms. The van der Waals surface area contributed by atoms with E-state index in [-0.39, 0.29) is 19.8 Å². The molecule has 0 aliphatic heterocycles. The van der Waals surface area contributed by atoms with Crippen molar-refractivity contribution in [3.05, 3.63) is 0 Å². The van der Waals surface area contributed by atoms with Crippen LogP contribution in [0.5, 0.6) is 0 Å². The Morgan fingerprint density at radius 2 is 1.60 bits per heavy atom. The van der Waals surface area contributed by atoms with Gasteiger partial charge in [0.1, 0.15) is 0 Å². The summed E-state index contributed by atoms with van der Waals surface area (Å²) >= 11 is 0. The smallest absolute Gasteiger partial charge is 0.379 e. The fourth-order valence-electron chi connectivity index (χ4n) is 1.29. The zero-order valence-electron chi connectivity index (χ0n) is 12.4. The Balaban J connectivity index is 3.38. The molecule has 0 fully saturated rings. The van der Waals surface area contributed by atoms with Gasteiger partial charge in [0.05, 0.1) is 33.0 Å². The normalized spacial score (nSPS) is 14.3. The van der Waals surface area contributed by atoms with Crippen molar-refractivity contribution in [1.29, 1.82) is 0 Å². The molecule has 1 atom stereocenters. The predicted octanol–water partition coefficient (Wildman–Crippen LogP) is 2.69. The lowest BCUT2D eigenvalue weighted by molar-refractivity contribution is -0.225. The van der Waals surface area contributed by atoms with Gasteiger partial charge in [-0.05, 0) is 13.3 Å². The fraction of sp³-hybridized carbons (Fsp3) is 1.00. The molecule has 0 saturated heterocycles. The van der Waals surface area contributed by atoms with E-state index in [1.54, 1.807) is 0 Å². The van der Waals surface area contributed by atoms with Gasteiger partial charge in [-0.2, -0.15) is 0 Å². The number of hydrogen-bond acceptors (Lipinski definition) is 6. The van der Waals surface area contributed by atoms with Gasteiger partial charge in [-0.3, -0.25) is 4.52 Å². The molecule has 1 unspecified atom stereocenters. The Labute approximate surface area is 121 Å². The molecule has 0 saturated carbocycles. The second-order valence-electron chi connectivity index (χ2n) is 4.07. The first-order valence-corrected chi connectivity index (χ1v) is 8.56. The number of phosphoric acid groups is 1. The van der Waals surface area contributed by atoms with Crippen LogP contribution in [0, 0.1) is 0 Å². The summed E-state index contributed by atoms with van der Waals surface area (Å²) in [5.74, 6) is 0. The Hall–Kier alpha value is -0.0100. The summed E-state index contributed by atoms with van der Waals surface area (Å²) in [5, 5.41) is 0. The van der Waals surface area contributed by atoms with Crippen molar-refractivity contribution in [3.63, 3.8) is 0 Å². The average molecular weight is 314 g/mol. The molecule has 0 heterocycles. The summed E-state index contributed by atoms with van der Waals surface area (Å²) in [4.78, 5) is 13.9. The quantitative estimate of drug-likeness (QED) is 0.215. The first-order chi connectivity index (χ1) is 9.62. The predicted molar refractivity (Wildman–Crippen MR) is 74.3 cm³/mol. The van der Waals surface area contributed by atoms with Crippen LogP contribution in [-0.4, -0.2) is 44.5 Å². The summed E-state index contributed by atoms with van der Waals surface area (Å²) in [7, 11) is -4.14. The van der Waals surface area contributed by atoms with E-state index in [9.17, 15) is 9.46 Å². The Morgan fingerprint density at radius 3 is 2.30 bits per heavy atom. The molecule has 0 amide bonds. The maximum Gasteiger partial charge on any atom is 0.499 e. The molecule has 8 heteroatoms. The molecule has 0 aliphatic carbocycles. The van der Waals surface area contributed by atoms with Gasteiger partial charge in [0.2, 0.25) is 0 Å². The highest BCUT2D eigenvalue weighted by atomic mass is 31.2. The number of hydrogen-bond donors (Lipinski definition) is 1. The van der Waals surface area contributed by atoms with E-state index in [2.05, 4.69) is 21.0 Å². The van der Waals surface area contributed by atoms with Gasteiger partial charge >= 0.3 is 7.82 Å². The van der Waals surface area contributed by atoms with E-state index >= 15 is 0 Å². The summed E-state index contributed by atoms with van der Waals surface area (Å²) < 4.78 is 30.6. The Morgan fingerprint density at radius 1 is 0.900 bits per heavy atom. The highest BCUT2D eigenvalue weighted by molar-refractivity contribution is 7.47. The van der Waals surface area contributed by atoms with E-state index in [0.717, 1.165) is 25.7 Å². The van der Waals surface area contributed by atoms with Gasteiger partial charge in [0, 0.05) is 6.61 Å². The van der Waals surface area contributed by atoms with Gasteiger partial charge in [0.25, 0.3) is 0 Å². The van der Waals surface area contributed by atoms with Crippen molar-refractivity contribution in [2.45, 2.75) is 39.5 Å². The first kappa shape index (κ1) is 20.0. The Kier molecular flexibility index (Phi) is 13.9. The van der Waals surface area contributed by atoms with Crippen molar-refractivity contribution < 1.29 is 33.0 Å². The topological polar surface area (TPSA) is 83.5 Å². The number of unbranched alkanes of at least 4 members (excludes halogenated alkanes) is 3. The second-order valence-corrected chi connectivity index (χ2v) is 5.41. The van der Waals surface area contributed by atoms with Gasteiger partial charge in [-0.25, -0.2) is 9.45 Å². The van der Waals surface area contributed by atoms with Crippen LogP contribution in [-0.2, 0) is 28.1 Å². The third-order valence-corrected chi connectivity index (χ3v) is 3.09. The standard InChI is InChI=1S/C12H27O7P/c1-3-5-6-7-8-17-19-20(13,14)18-12-11-16-10-9-15-4-2/h3-12H2,1-2H3,(H,13,14). The SMILES string of the molecule is CCCCCCOOP(=O)(O)OCCOCCOCC. The molecule has 1 N–H and O–H groups in total. The first-order valence-electron chi connectivity index (χ1n) is 7.06. The molecule has 0 aromatic heterocycles. The van der Waals surface area contributed by atoms with Crippen LogP contribution in [0.1, 0.15) is 39.5 Å². The van der Waals surface area contributed by atoms with Crippen molar-refractivity contribution in [1.82, 2.24) is 0 Å². The number of phosphoric ester groups is 1. The highest BCUT2D eigenvalue weighted by Crippen LogP contribution is 2.43. The van der Waals surface area contributed by atoms with Crippen LogP contribution in [0.2, 0.25) is 0 Å². The number of ether oxygens (including phenoxy) is 2. The zero-order chi connectivity index (χ0) is 15.1. The van der Waals surface area contributed by atoms with Crippen molar-refractivity contribution in [2.24, 2.45) is 0 Å². The molecule has 0 rings (SSSR count). The fourth-order valence-corrected chi connectivity index (χ4v) is 1.84. The van der Waals surface area contributed by atoms with Crippen molar-refractivity contribution in [2.75, 3.05) is 39.6 Å². The largest absolute Gasteiger partial charge is 0.499 e. The zero-order valence-corrected chi connectivity index (χ0v) is 13.3. The number of rotatable bonds is 15. The average Bonchev–Trinajstić information content (AvgIpc) is 2.41. The third-order valence-electron chi connectivity index (χ3n) is 2.29.